The van der Waals surface area contributed by atoms with Crippen LogP contribution in [0.4, 0.5) is 0 Å². The predicted molar refractivity (Wildman–Crippen MR) is 121 cm³/mol. The highest BCUT2D eigenvalue weighted by Gasteiger charge is 2.20. The van der Waals surface area contributed by atoms with Crippen molar-refractivity contribution in [3.63, 3.8) is 0 Å². The van der Waals surface area contributed by atoms with Gasteiger partial charge in [-0.05, 0) is 30.0 Å². The van der Waals surface area contributed by atoms with Crippen LogP contribution in [0.2, 0.25) is 0 Å². The fourth-order valence-corrected chi connectivity index (χ4v) is 3.90. The standard InChI is InChI=1S/C24H34N4O/c1-19(22-11-7-8-12-23(22)29-3)17-26-24(25-2)27-21-13-15-28(16-14-21)18-20-9-5-4-6-10-20/h4-12,19,21H,13-18H2,1-3H3,(H2,25,26,27). The first-order valence-corrected chi connectivity index (χ1v) is 10.6. The third-order valence-electron chi connectivity index (χ3n) is 5.65. The Kier molecular flexibility index (Phi) is 7.94. The fraction of sp³-hybridized carbons (Fsp3) is 0.458. The Labute approximate surface area is 175 Å². The van der Waals surface area contributed by atoms with Gasteiger partial charge in [-0.15, -0.1) is 0 Å². The first-order chi connectivity index (χ1) is 14.2. The summed E-state index contributed by atoms with van der Waals surface area (Å²) in [6, 6.07) is 19.4. The van der Waals surface area contributed by atoms with Gasteiger partial charge >= 0.3 is 0 Å². The highest BCUT2D eigenvalue weighted by Crippen LogP contribution is 2.25. The van der Waals surface area contributed by atoms with Crippen LogP contribution < -0.4 is 15.4 Å². The number of rotatable bonds is 7. The molecule has 1 fully saturated rings. The number of para-hydroxylation sites is 1. The van der Waals surface area contributed by atoms with Gasteiger partial charge in [-0.1, -0.05) is 55.5 Å². The van der Waals surface area contributed by atoms with Crippen LogP contribution in [0.25, 0.3) is 0 Å². The lowest BCUT2D eigenvalue weighted by molar-refractivity contribution is 0.198. The molecule has 29 heavy (non-hydrogen) atoms. The van der Waals surface area contributed by atoms with E-state index in [1.165, 1.54) is 11.1 Å². The molecule has 1 heterocycles. The fourth-order valence-electron chi connectivity index (χ4n) is 3.90. The Hall–Kier alpha value is -2.53. The first-order valence-electron chi connectivity index (χ1n) is 10.6. The van der Waals surface area contributed by atoms with Crippen LogP contribution in [0.3, 0.4) is 0 Å². The number of hydrogen-bond donors (Lipinski definition) is 2. The molecule has 1 aliphatic heterocycles. The van der Waals surface area contributed by atoms with Crippen LogP contribution in [0.1, 0.15) is 36.8 Å². The summed E-state index contributed by atoms with van der Waals surface area (Å²) in [5.74, 6) is 2.15. The molecule has 2 aromatic rings. The Bertz CT molecular complexity index is 769. The van der Waals surface area contributed by atoms with Crippen LogP contribution in [0.5, 0.6) is 5.75 Å². The number of nitrogens with one attached hydrogen (secondary N) is 2. The number of benzene rings is 2. The zero-order chi connectivity index (χ0) is 20.5. The monoisotopic (exact) mass is 394 g/mol. The minimum Gasteiger partial charge on any atom is -0.496 e. The number of piperidine rings is 1. The van der Waals surface area contributed by atoms with Gasteiger partial charge in [-0.25, -0.2) is 0 Å². The molecule has 2 N–H and O–H groups in total. The molecule has 1 saturated heterocycles. The maximum atomic E-state index is 5.50. The second kappa shape index (κ2) is 10.9. The molecule has 156 valence electrons. The summed E-state index contributed by atoms with van der Waals surface area (Å²) in [5.41, 5.74) is 2.61. The molecule has 0 saturated carbocycles. The van der Waals surface area contributed by atoms with Crippen molar-refractivity contribution >= 4 is 5.96 Å². The van der Waals surface area contributed by atoms with Gasteiger partial charge in [0.2, 0.25) is 0 Å². The Balaban J connectivity index is 1.43. The Morgan fingerprint density at radius 1 is 1.10 bits per heavy atom. The molecule has 0 amide bonds. The van der Waals surface area contributed by atoms with E-state index in [0.29, 0.717) is 12.0 Å². The third kappa shape index (κ3) is 6.23. The molecule has 2 aromatic carbocycles. The number of hydrogen-bond acceptors (Lipinski definition) is 3. The van der Waals surface area contributed by atoms with Gasteiger partial charge in [0.1, 0.15) is 5.75 Å². The van der Waals surface area contributed by atoms with E-state index >= 15 is 0 Å². The lowest BCUT2D eigenvalue weighted by Crippen LogP contribution is -2.49. The molecule has 5 nitrogen and oxygen atoms in total. The van der Waals surface area contributed by atoms with Crippen LogP contribution in [0.15, 0.2) is 59.6 Å². The maximum Gasteiger partial charge on any atom is 0.191 e. The van der Waals surface area contributed by atoms with Crippen molar-refractivity contribution in [3.8, 4) is 5.75 Å². The van der Waals surface area contributed by atoms with Crippen LogP contribution in [-0.4, -0.2) is 50.7 Å². The molecule has 0 spiro atoms. The van der Waals surface area contributed by atoms with Crippen molar-refractivity contribution < 1.29 is 4.74 Å². The van der Waals surface area contributed by atoms with Crippen LogP contribution in [0, 0.1) is 0 Å². The van der Waals surface area contributed by atoms with Gasteiger partial charge in [-0.3, -0.25) is 9.89 Å². The van der Waals surface area contributed by atoms with E-state index in [-0.39, 0.29) is 0 Å². The number of likely N-dealkylation sites (tertiary alicyclic amines) is 1. The topological polar surface area (TPSA) is 48.9 Å². The zero-order valence-electron chi connectivity index (χ0n) is 17.9. The van der Waals surface area contributed by atoms with Crippen molar-refractivity contribution in [2.24, 2.45) is 4.99 Å². The highest BCUT2D eigenvalue weighted by atomic mass is 16.5. The van der Waals surface area contributed by atoms with Crippen LogP contribution in [-0.2, 0) is 6.54 Å². The SMILES string of the molecule is CN=C(NCC(C)c1ccccc1OC)NC1CCN(Cc2ccccc2)CC1. The number of aliphatic imine (C=N–C) groups is 1. The van der Waals surface area contributed by atoms with Gasteiger partial charge in [0.05, 0.1) is 7.11 Å². The molecule has 0 radical (unpaired) electrons. The predicted octanol–water partition coefficient (Wildman–Crippen LogP) is 3.63. The summed E-state index contributed by atoms with van der Waals surface area (Å²) in [6.07, 6.45) is 2.27. The van der Waals surface area contributed by atoms with Crippen molar-refractivity contribution in [2.45, 2.75) is 38.3 Å². The second-order valence-corrected chi connectivity index (χ2v) is 7.78. The van der Waals surface area contributed by atoms with E-state index in [4.69, 9.17) is 4.74 Å². The maximum absolute atomic E-state index is 5.50. The number of ether oxygens (including phenoxy) is 1. The molecular weight excluding hydrogens is 360 g/mol. The summed E-state index contributed by atoms with van der Waals surface area (Å²) in [6.45, 7) is 6.28. The number of methoxy groups -OCH3 is 1. The molecule has 1 atom stereocenters. The zero-order valence-corrected chi connectivity index (χ0v) is 17.9. The van der Waals surface area contributed by atoms with Crippen molar-refractivity contribution in [1.29, 1.82) is 0 Å². The summed E-state index contributed by atoms with van der Waals surface area (Å²) >= 11 is 0. The third-order valence-corrected chi connectivity index (χ3v) is 5.65. The summed E-state index contributed by atoms with van der Waals surface area (Å²) in [4.78, 5) is 6.96. The second-order valence-electron chi connectivity index (χ2n) is 7.78. The molecule has 0 aromatic heterocycles. The van der Waals surface area contributed by atoms with Crippen molar-refractivity contribution in [2.75, 3.05) is 33.8 Å². The Morgan fingerprint density at radius 3 is 2.48 bits per heavy atom. The average Bonchev–Trinajstić information content (AvgIpc) is 2.78. The average molecular weight is 395 g/mol. The van der Waals surface area contributed by atoms with Crippen LogP contribution >= 0.6 is 0 Å². The van der Waals surface area contributed by atoms with Gasteiger partial charge in [-0.2, -0.15) is 0 Å². The molecular formula is C24H34N4O. The minimum absolute atomic E-state index is 0.331. The van der Waals surface area contributed by atoms with E-state index in [1.807, 2.05) is 19.2 Å². The largest absolute Gasteiger partial charge is 0.496 e. The highest BCUT2D eigenvalue weighted by molar-refractivity contribution is 5.80. The van der Waals surface area contributed by atoms with Gasteiger partial charge in [0, 0.05) is 45.2 Å². The van der Waals surface area contributed by atoms with Crippen molar-refractivity contribution in [3.05, 3.63) is 65.7 Å². The van der Waals surface area contributed by atoms with Gasteiger partial charge in [0.15, 0.2) is 5.96 Å². The van der Waals surface area contributed by atoms with E-state index in [2.05, 4.69) is 69.9 Å². The van der Waals surface area contributed by atoms with E-state index < -0.39 is 0 Å². The van der Waals surface area contributed by atoms with Crippen molar-refractivity contribution in [1.82, 2.24) is 15.5 Å². The van der Waals surface area contributed by atoms with E-state index in [9.17, 15) is 0 Å². The summed E-state index contributed by atoms with van der Waals surface area (Å²) in [5, 5.41) is 7.09. The molecule has 0 bridgehead atoms. The summed E-state index contributed by atoms with van der Waals surface area (Å²) in [7, 11) is 3.57. The lowest BCUT2D eigenvalue weighted by Gasteiger charge is -2.33. The smallest absolute Gasteiger partial charge is 0.191 e. The minimum atomic E-state index is 0.331. The quantitative estimate of drug-likeness (QED) is 0.556. The van der Waals surface area contributed by atoms with Gasteiger partial charge < -0.3 is 15.4 Å². The number of nitrogens with zero attached hydrogens (tertiary/aromatic N) is 2. The molecule has 1 unspecified atom stereocenters. The number of guanidine groups is 1. The Morgan fingerprint density at radius 2 is 1.79 bits per heavy atom. The summed E-state index contributed by atoms with van der Waals surface area (Å²) < 4.78 is 5.50. The van der Waals surface area contributed by atoms with E-state index in [1.54, 1.807) is 7.11 Å². The first kappa shape index (κ1) is 21.2. The molecule has 0 aliphatic carbocycles. The normalized spacial score (nSPS) is 17.0. The molecule has 5 heteroatoms. The lowest BCUT2D eigenvalue weighted by atomic mass is 10.00. The van der Waals surface area contributed by atoms with Gasteiger partial charge in [0.25, 0.3) is 0 Å². The molecule has 1 aliphatic rings. The molecule has 3 rings (SSSR count). The van der Waals surface area contributed by atoms with E-state index in [0.717, 1.165) is 50.7 Å².